The molecule has 1 N–H and O–H groups in total. The minimum Gasteiger partial charge on any atom is -0.460 e. The predicted octanol–water partition coefficient (Wildman–Crippen LogP) is 1.59. The van der Waals surface area contributed by atoms with E-state index in [4.69, 9.17) is 9.47 Å². The van der Waals surface area contributed by atoms with Crippen molar-refractivity contribution in [3.8, 4) is 0 Å². The Bertz CT molecular complexity index is 323. The van der Waals surface area contributed by atoms with E-state index in [1.807, 2.05) is 13.8 Å². The third-order valence-electron chi connectivity index (χ3n) is 3.12. The minimum atomic E-state index is -0.380. The van der Waals surface area contributed by atoms with Gasteiger partial charge < -0.3 is 14.8 Å². The van der Waals surface area contributed by atoms with Crippen LogP contribution >= 0.6 is 15.9 Å². The summed E-state index contributed by atoms with van der Waals surface area (Å²) in [6.07, 6.45) is 0.451. The van der Waals surface area contributed by atoms with Crippen molar-refractivity contribution in [3.05, 3.63) is 0 Å². The van der Waals surface area contributed by atoms with Crippen LogP contribution < -0.4 is 5.32 Å². The number of esters is 1. The maximum absolute atomic E-state index is 11.2. The lowest BCUT2D eigenvalue weighted by Gasteiger charge is -2.43. The van der Waals surface area contributed by atoms with E-state index in [0.717, 1.165) is 6.42 Å². The van der Waals surface area contributed by atoms with Crippen LogP contribution in [0.1, 0.15) is 34.1 Å². The van der Waals surface area contributed by atoms with Gasteiger partial charge in [-0.05, 0) is 6.42 Å². The van der Waals surface area contributed by atoms with Crippen LogP contribution in [0.25, 0.3) is 0 Å². The first-order chi connectivity index (χ1) is 8.36. The number of halogens is 1. The molecule has 6 heteroatoms. The minimum absolute atomic E-state index is 0.00346. The Labute approximate surface area is 116 Å². The molecule has 1 heterocycles. The first-order valence-corrected chi connectivity index (χ1v) is 7.02. The van der Waals surface area contributed by atoms with E-state index in [2.05, 4.69) is 21.2 Å². The van der Waals surface area contributed by atoms with Crippen LogP contribution in [0.4, 0.5) is 0 Å². The smallest absolute Gasteiger partial charge is 0.302 e. The van der Waals surface area contributed by atoms with Crippen LogP contribution in [-0.4, -0.2) is 35.1 Å². The molecule has 0 aromatic heterocycles. The number of rotatable bonds is 3. The fourth-order valence-electron chi connectivity index (χ4n) is 2.29. The summed E-state index contributed by atoms with van der Waals surface area (Å²) in [6.45, 7) is 6.79. The molecule has 0 aliphatic carbocycles. The monoisotopic (exact) mass is 321 g/mol. The standard InChI is InChI=1S/C12H20BrNO4/c1-5-9-6(2)11(17-8(4)16)10(12(13)18-9)14-7(3)15/h6,9-12H,5H2,1-4H3,(H,14,15)/t6-,9-,10-,11+,12?/m1/s1. The summed E-state index contributed by atoms with van der Waals surface area (Å²) in [4.78, 5) is 22.4. The average molecular weight is 322 g/mol. The van der Waals surface area contributed by atoms with Gasteiger partial charge in [-0.1, -0.05) is 29.8 Å². The zero-order valence-corrected chi connectivity index (χ0v) is 12.7. The van der Waals surface area contributed by atoms with Gasteiger partial charge in [0.2, 0.25) is 5.91 Å². The zero-order valence-electron chi connectivity index (χ0n) is 11.1. The molecular weight excluding hydrogens is 302 g/mol. The SMILES string of the molecule is CC[C@H]1OC(Br)[C@H](NC(C)=O)[C@@H](OC(C)=O)[C@@H]1C. The lowest BCUT2D eigenvalue weighted by Crippen LogP contribution is -2.59. The lowest BCUT2D eigenvalue weighted by molar-refractivity contribution is -0.171. The van der Waals surface area contributed by atoms with Crippen LogP contribution in [0.5, 0.6) is 0 Å². The van der Waals surface area contributed by atoms with E-state index < -0.39 is 0 Å². The highest BCUT2D eigenvalue weighted by molar-refractivity contribution is 9.09. The zero-order chi connectivity index (χ0) is 13.9. The third-order valence-corrected chi connectivity index (χ3v) is 3.91. The molecule has 1 rings (SSSR count). The van der Waals surface area contributed by atoms with Crippen LogP contribution in [-0.2, 0) is 19.1 Å². The summed E-state index contributed by atoms with van der Waals surface area (Å²) < 4.78 is 11.1. The van der Waals surface area contributed by atoms with E-state index in [0.29, 0.717) is 0 Å². The molecule has 0 radical (unpaired) electrons. The molecule has 5 nitrogen and oxygen atoms in total. The molecule has 18 heavy (non-hydrogen) atoms. The van der Waals surface area contributed by atoms with E-state index in [1.165, 1.54) is 13.8 Å². The Kier molecular flexibility index (Phi) is 5.59. The number of ether oxygens (including phenoxy) is 2. The van der Waals surface area contributed by atoms with Crippen molar-refractivity contribution in [1.82, 2.24) is 5.32 Å². The van der Waals surface area contributed by atoms with Crippen LogP contribution in [0, 0.1) is 5.92 Å². The molecule has 0 aromatic carbocycles. The van der Waals surface area contributed by atoms with Crippen molar-refractivity contribution in [2.24, 2.45) is 5.92 Å². The highest BCUT2D eigenvalue weighted by Crippen LogP contribution is 2.32. The molecule has 1 amide bonds. The summed E-state index contributed by atoms with van der Waals surface area (Å²) in [7, 11) is 0. The van der Waals surface area contributed by atoms with E-state index in [9.17, 15) is 9.59 Å². The molecule has 0 bridgehead atoms. The Balaban J connectivity index is 2.89. The Morgan fingerprint density at radius 2 is 2.00 bits per heavy atom. The van der Waals surface area contributed by atoms with Gasteiger partial charge in [0.05, 0.1) is 6.10 Å². The first-order valence-electron chi connectivity index (χ1n) is 6.10. The molecular formula is C12H20BrNO4. The van der Waals surface area contributed by atoms with Gasteiger partial charge in [-0.2, -0.15) is 0 Å². The maximum Gasteiger partial charge on any atom is 0.302 e. The van der Waals surface area contributed by atoms with Gasteiger partial charge in [0.15, 0.2) is 0 Å². The number of hydrogen-bond donors (Lipinski definition) is 1. The molecule has 1 saturated heterocycles. The Morgan fingerprint density at radius 3 is 2.44 bits per heavy atom. The van der Waals surface area contributed by atoms with Gasteiger partial charge in [0, 0.05) is 19.8 Å². The number of carbonyl (C=O) groups excluding carboxylic acids is 2. The summed E-state index contributed by atoms with van der Waals surface area (Å²) in [6, 6.07) is -0.371. The maximum atomic E-state index is 11.2. The highest BCUT2D eigenvalue weighted by Gasteiger charge is 2.44. The van der Waals surface area contributed by atoms with Gasteiger partial charge >= 0.3 is 5.97 Å². The van der Waals surface area contributed by atoms with Crippen LogP contribution in [0.2, 0.25) is 0 Å². The molecule has 0 saturated carbocycles. The summed E-state index contributed by atoms with van der Waals surface area (Å²) in [5.41, 5.74) is 0. The van der Waals surface area contributed by atoms with Gasteiger partial charge in [0.25, 0.3) is 0 Å². The van der Waals surface area contributed by atoms with Gasteiger partial charge in [-0.25, -0.2) is 0 Å². The van der Waals surface area contributed by atoms with Gasteiger partial charge in [-0.3, -0.25) is 9.59 Å². The molecule has 0 aromatic rings. The molecule has 1 aliphatic heterocycles. The lowest BCUT2D eigenvalue weighted by atomic mass is 9.88. The topological polar surface area (TPSA) is 64.6 Å². The van der Waals surface area contributed by atoms with Crippen molar-refractivity contribution in [2.45, 2.75) is 57.4 Å². The van der Waals surface area contributed by atoms with Crippen LogP contribution in [0.15, 0.2) is 0 Å². The molecule has 1 unspecified atom stereocenters. The first kappa shape index (κ1) is 15.4. The summed E-state index contributed by atoms with van der Waals surface area (Å²) in [5, 5.41) is 2.42. The quantitative estimate of drug-likeness (QED) is 0.633. The fourth-order valence-corrected chi connectivity index (χ4v) is 3.00. The summed E-state index contributed by atoms with van der Waals surface area (Å²) in [5.74, 6) is -0.490. The average Bonchev–Trinajstić information content (AvgIpc) is 2.27. The number of alkyl halides is 1. The predicted molar refractivity (Wildman–Crippen MR) is 70.2 cm³/mol. The Morgan fingerprint density at radius 1 is 1.39 bits per heavy atom. The number of hydrogen-bond acceptors (Lipinski definition) is 4. The third kappa shape index (κ3) is 3.68. The fraction of sp³-hybridized carbons (Fsp3) is 0.833. The normalized spacial score (nSPS) is 35.9. The van der Waals surface area contributed by atoms with Gasteiger partial charge in [-0.15, -0.1) is 0 Å². The molecule has 1 aliphatic rings. The second kappa shape index (κ2) is 6.52. The second-order valence-corrected chi connectivity index (χ2v) is 5.50. The van der Waals surface area contributed by atoms with Crippen molar-refractivity contribution in [2.75, 3.05) is 0 Å². The van der Waals surface area contributed by atoms with Crippen molar-refractivity contribution in [1.29, 1.82) is 0 Å². The number of nitrogens with one attached hydrogen (secondary N) is 1. The molecule has 1 fully saturated rings. The largest absolute Gasteiger partial charge is 0.460 e. The molecule has 0 spiro atoms. The van der Waals surface area contributed by atoms with Crippen molar-refractivity contribution >= 4 is 27.8 Å². The van der Waals surface area contributed by atoms with Gasteiger partial charge in [0.1, 0.15) is 17.2 Å². The van der Waals surface area contributed by atoms with E-state index in [1.54, 1.807) is 0 Å². The molecule has 104 valence electrons. The summed E-state index contributed by atoms with van der Waals surface area (Å²) >= 11 is 3.39. The number of amides is 1. The van der Waals surface area contributed by atoms with Crippen molar-refractivity contribution < 1.29 is 19.1 Å². The van der Waals surface area contributed by atoms with E-state index in [-0.39, 0.29) is 41.1 Å². The van der Waals surface area contributed by atoms with Crippen LogP contribution in [0.3, 0.4) is 0 Å². The highest BCUT2D eigenvalue weighted by atomic mass is 79.9. The second-order valence-electron chi connectivity index (χ2n) is 4.59. The molecule has 5 atom stereocenters. The van der Waals surface area contributed by atoms with Crippen molar-refractivity contribution in [3.63, 3.8) is 0 Å². The van der Waals surface area contributed by atoms with E-state index >= 15 is 0 Å². The number of carbonyl (C=O) groups is 2. The Hall–Kier alpha value is -0.620.